The molecule has 148 valence electrons. The second-order valence-corrected chi connectivity index (χ2v) is 7.32. The predicted octanol–water partition coefficient (Wildman–Crippen LogP) is 2.78. The number of fused-ring (bicyclic) bond motifs is 1. The normalized spacial score (nSPS) is 14.6. The number of hydrogen-bond acceptors (Lipinski definition) is 7. The van der Waals surface area contributed by atoms with E-state index in [-0.39, 0.29) is 6.01 Å². The number of pyridine rings is 1. The van der Waals surface area contributed by atoms with Crippen LogP contribution in [-0.4, -0.2) is 44.3 Å². The van der Waals surface area contributed by atoms with Gasteiger partial charge in [0.1, 0.15) is 5.82 Å². The molecule has 2 N–H and O–H groups in total. The number of rotatable bonds is 6. The molecule has 8 nitrogen and oxygen atoms in total. The Hall–Kier alpha value is -2.90. The SMILES string of the molecule is CCCOc1nc(N)c2ncc(Cc3cnc(N4CCCCC4)c(C)c3)n2n1. The number of aryl methyl sites for hydroxylation is 1. The van der Waals surface area contributed by atoms with Crippen LogP contribution in [-0.2, 0) is 6.42 Å². The van der Waals surface area contributed by atoms with Gasteiger partial charge in [-0.25, -0.2) is 14.5 Å². The van der Waals surface area contributed by atoms with Crippen LogP contribution in [0.15, 0.2) is 18.5 Å². The van der Waals surface area contributed by atoms with Crippen molar-refractivity contribution in [1.29, 1.82) is 0 Å². The zero-order valence-electron chi connectivity index (χ0n) is 16.6. The minimum absolute atomic E-state index is 0.279. The van der Waals surface area contributed by atoms with Crippen molar-refractivity contribution >= 4 is 17.3 Å². The van der Waals surface area contributed by atoms with E-state index >= 15 is 0 Å². The second-order valence-electron chi connectivity index (χ2n) is 7.32. The number of piperidine rings is 1. The van der Waals surface area contributed by atoms with E-state index in [0.717, 1.165) is 36.6 Å². The first-order valence-electron chi connectivity index (χ1n) is 9.99. The molecule has 4 rings (SSSR count). The largest absolute Gasteiger partial charge is 0.462 e. The number of nitrogens with zero attached hydrogens (tertiary/aromatic N) is 6. The Morgan fingerprint density at radius 3 is 2.71 bits per heavy atom. The number of ether oxygens (including phenoxy) is 1. The molecule has 1 fully saturated rings. The van der Waals surface area contributed by atoms with Gasteiger partial charge in [-0.05, 0) is 43.7 Å². The van der Waals surface area contributed by atoms with Crippen molar-refractivity contribution in [3.05, 3.63) is 35.3 Å². The summed E-state index contributed by atoms with van der Waals surface area (Å²) in [6.07, 6.45) is 9.10. The number of imidazole rings is 1. The smallest absolute Gasteiger partial charge is 0.336 e. The summed E-state index contributed by atoms with van der Waals surface area (Å²) < 4.78 is 7.28. The van der Waals surface area contributed by atoms with Crippen LogP contribution < -0.4 is 15.4 Å². The van der Waals surface area contributed by atoms with Gasteiger partial charge in [0, 0.05) is 25.7 Å². The fourth-order valence-electron chi connectivity index (χ4n) is 3.67. The van der Waals surface area contributed by atoms with Crippen molar-refractivity contribution < 1.29 is 4.74 Å². The zero-order chi connectivity index (χ0) is 19.5. The third-order valence-corrected chi connectivity index (χ3v) is 5.02. The van der Waals surface area contributed by atoms with Gasteiger partial charge in [-0.2, -0.15) is 4.98 Å². The van der Waals surface area contributed by atoms with Crippen LogP contribution in [0.25, 0.3) is 5.65 Å². The Labute approximate surface area is 164 Å². The summed E-state index contributed by atoms with van der Waals surface area (Å²) in [7, 11) is 0. The van der Waals surface area contributed by atoms with Crippen molar-refractivity contribution in [3.8, 4) is 6.01 Å². The number of hydrogen-bond donors (Lipinski definition) is 1. The molecule has 0 radical (unpaired) electrons. The van der Waals surface area contributed by atoms with E-state index in [9.17, 15) is 0 Å². The van der Waals surface area contributed by atoms with E-state index < -0.39 is 0 Å². The summed E-state index contributed by atoms with van der Waals surface area (Å²) in [6.45, 7) is 6.91. The van der Waals surface area contributed by atoms with Crippen LogP contribution in [0.1, 0.15) is 49.4 Å². The number of nitrogens with two attached hydrogens (primary N) is 1. The molecule has 1 aliphatic heterocycles. The minimum Gasteiger partial charge on any atom is -0.462 e. The fourth-order valence-corrected chi connectivity index (χ4v) is 3.67. The van der Waals surface area contributed by atoms with Crippen LogP contribution in [0.4, 0.5) is 11.6 Å². The highest BCUT2D eigenvalue weighted by molar-refractivity contribution is 5.60. The predicted molar refractivity (Wildman–Crippen MR) is 109 cm³/mol. The maximum absolute atomic E-state index is 6.03. The van der Waals surface area contributed by atoms with E-state index in [2.05, 4.69) is 33.0 Å². The van der Waals surface area contributed by atoms with E-state index in [1.54, 1.807) is 10.7 Å². The van der Waals surface area contributed by atoms with Gasteiger partial charge in [0.05, 0.1) is 18.5 Å². The lowest BCUT2D eigenvalue weighted by Gasteiger charge is -2.29. The monoisotopic (exact) mass is 381 g/mol. The van der Waals surface area contributed by atoms with Gasteiger partial charge in [-0.1, -0.05) is 13.0 Å². The maximum Gasteiger partial charge on any atom is 0.336 e. The zero-order valence-corrected chi connectivity index (χ0v) is 16.6. The van der Waals surface area contributed by atoms with Gasteiger partial charge in [-0.3, -0.25) is 0 Å². The van der Waals surface area contributed by atoms with Gasteiger partial charge >= 0.3 is 6.01 Å². The van der Waals surface area contributed by atoms with Gasteiger partial charge in [0.25, 0.3) is 0 Å². The molecule has 8 heteroatoms. The van der Waals surface area contributed by atoms with E-state index in [1.807, 2.05) is 13.1 Å². The number of anilines is 2. The quantitative estimate of drug-likeness (QED) is 0.701. The lowest BCUT2D eigenvalue weighted by molar-refractivity contribution is 0.287. The lowest BCUT2D eigenvalue weighted by Crippen LogP contribution is -2.30. The van der Waals surface area contributed by atoms with Gasteiger partial charge in [0.15, 0.2) is 11.5 Å². The van der Waals surface area contributed by atoms with Crippen LogP contribution in [0.5, 0.6) is 6.01 Å². The highest BCUT2D eigenvalue weighted by Crippen LogP contribution is 2.23. The first kappa shape index (κ1) is 18.5. The molecular formula is C20H27N7O. The highest BCUT2D eigenvalue weighted by Gasteiger charge is 2.16. The molecule has 0 saturated carbocycles. The standard InChI is InChI=1S/C20H27N7O/c1-3-9-28-20-24-17(21)19-23-13-16(27(19)25-20)11-15-10-14(2)18(22-12-15)26-7-5-4-6-8-26/h10,12-13H,3-9,11H2,1-2H3,(H2,21,24,25). The van der Waals surface area contributed by atoms with Crippen LogP contribution in [0.3, 0.4) is 0 Å². The molecule has 0 spiro atoms. The molecule has 1 aliphatic rings. The molecule has 4 heterocycles. The second kappa shape index (κ2) is 8.00. The van der Waals surface area contributed by atoms with Gasteiger partial charge in [-0.15, -0.1) is 5.10 Å². The Bertz CT molecular complexity index is 963. The third kappa shape index (κ3) is 3.72. The maximum atomic E-state index is 6.03. The Morgan fingerprint density at radius 2 is 1.96 bits per heavy atom. The van der Waals surface area contributed by atoms with E-state index in [1.165, 1.54) is 24.8 Å². The minimum atomic E-state index is 0.279. The molecular weight excluding hydrogens is 354 g/mol. The molecule has 28 heavy (non-hydrogen) atoms. The molecule has 0 unspecified atom stereocenters. The van der Waals surface area contributed by atoms with Crippen LogP contribution in [0, 0.1) is 6.92 Å². The Balaban J connectivity index is 1.59. The van der Waals surface area contributed by atoms with Crippen molar-refractivity contribution in [1.82, 2.24) is 24.6 Å². The topological polar surface area (TPSA) is 94.5 Å². The first-order valence-corrected chi connectivity index (χ1v) is 9.99. The summed E-state index contributed by atoms with van der Waals surface area (Å²) in [5.41, 5.74) is 9.83. The molecule has 0 aliphatic carbocycles. The average molecular weight is 381 g/mol. The molecule has 0 amide bonds. The van der Waals surface area contributed by atoms with Crippen LogP contribution in [0.2, 0.25) is 0 Å². The molecule has 0 bridgehead atoms. The van der Waals surface area contributed by atoms with Crippen LogP contribution >= 0.6 is 0 Å². The molecule has 0 atom stereocenters. The summed E-state index contributed by atoms with van der Waals surface area (Å²) in [5, 5.41) is 4.46. The molecule has 0 aromatic carbocycles. The molecule has 3 aromatic heterocycles. The number of aromatic nitrogens is 5. The summed E-state index contributed by atoms with van der Waals surface area (Å²) in [5.74, 6) is 1.42. The van der Waals surface area contributed by atoms with Crippen molar-refractivity contribution in [3.63, 3.8) is 0 Å². The number of nitrogen functional groups attached to an aromatic ring is 1. The van der Waals surface area contributed by atoms with Crippen molar-refractivity contribution in [2.45, 2.75) is 46.0 Å². The average Bonchev–Trinajstić information content (AvgIpc) is 3.10. The Kier molecular flexibility index (Phi) is 5.27. The highest BCUT2D eigenvalue weighted by atomic mass is 16.5. The Morgan fingerprint density at radius 1 is 1.14 bits per heavy atom. The summed E-state index contributed by atoms with van der Waals surface area (Å²) in [4.78, 5) is 15.7. The van der Waals surface area contributed by atoms with Crippen molar-refractivity contribution in [2.75, 3.05) is 30.3 Å². The van der Waals surface area contributed by atoms with Crippen molar-refractivity contribution in [2.24, 2.45) is 0 Å². The third-order valence-electron chi connectivity index (χ3n) is 5.02. The molecule has 3 aromatic rings. The molecule has 1 saturated heterocycles. The fraction of sp³-hybridized carbons (Fsp3) is 0.500. The van der Waals surface area contributed by atoms with E-state index in [4.69, 9.17) is 15.5 Å². The van der Waals surface area contributed by atoms with Gasteiger partial charge < -0.3 is 15.4 Å². The lowest BCUT2D eigenvalue weighted by atomic mass is 10.1. The summed E-state index contributed by atoms with van der Waals surface area (Å²) >= 11 is 0. The van der Waals surface area contributed by atoms with Gasteiger partial charge in [0.2, 0.25) is 0 Å². The summed E-state index contributed by atoms with van der Waals surface area (Å²) in [6, 6.07) is 2.48. The van der Waals surface area contributed by atoms with E-state index in [0.29, 0.717) is 24.5 Å². The first-order chi connectivity index (χ1) is 13.7.